The monoisotopic (exact) mass is 289 g/mol. The molecule has 0 bridgehead atoms. The van der Waals surface area contributed by atoms with E-state index in [1.807, 2.05) is 12.1 Å². The minimum absolute atomic E-state index is 0.178. The maximum atomic E-state index is 5.88. The van der Waals surface area contributed by atoms with E-state index < -0.39 is 0 Å². The number of hydrogen-bond acceptors (Lipinski definition) is 2. The largest absolute Gasteiger partial charge is 0.455 e. The maximum Gasteiger partial charge on any atom is 0.150 e. The number of hydrogen-bond donors (Lipinski definition) is 1. The van der Waals surface area contributed by atoms with Gasteiger partial charge in [0.1, 0.15) is 11.5 Å². The van der Waals surface area contributed by atoms with Crippen molar-refractivity contribution in [2.45, 2.75) is 32.6 Å². The zero-order valence-electron chi connectivity index (χ0n) is 12.1. The Morgan fingerprint density at radius 3 is 2.30 bits per heavy atom. The molecule has 0 unspecified atom stereocenters. The summed E-state index contributed by atoms with van der Waals surface area (Å²) in [6.45, 7) is 6.67. The molecule has 2 aromatic carbocycles. The highest BCUT2D eigenvalue weighted by atomic mass is 35.5. The number of nitrogen functional groups attached to an aromatic ring is 1. The van der Waals surface area contributed by atoms with Gasteiger partial charge in [0.25, 0.3) is 0 Å². The maximum absolute atomic E-state index is 5.88. The van der Waals surface area contributed by atoms with Crippen LogP contribution in [0.4, 0.5) is 5.69 Å². The second-order valence-corrected chi connectivity index (χ2v) is 5.98. The zero-order chi connectivity index (χ0) is 14.8. The molecular weight excluding hydrogens is 270 g/mol. The van der Waals surface area contributed by atoms with E-state index in [1.54, 1.807) is 18.2 Å². The Morgan fingerprint density at radius 2 is 1.75 bits per heavy atom. The molecule has 0 fully saturated rings. The van der Waals surface area contributed by atoms with Crippen LogP contribution in [0, 0.1) is 0 Å². The number of ether oxygens (including phenoxy) is 1. The van der Waals surface area contributed by atoms with Gasteiger partial charge in [-0.2, -0.15) is 0 Å². The molecular formula is C17H20ClNO. The van der Waals surface area contributed by atoms with E-state index in [4.69, 9.17) is 22.1 Å². The molecule has 0 atom stereocenters. The molecule has 2 rings (SSSR count). The first-order chi connectivity index (χ1) is 9.42. The van der Waals surface area contributed by atoms with Crippen LogP contribution >= 0.6 is 11.6 Å². The first kappa shape index (κ1) is 14.7. The van der Waals surface area contributed by atoms with Crippen molar-refractivity contribution in [3.63, 3.8) is 0 Å². The molecule has 0 spiro atoms. The first-order valence-electron chi connectivity index (χ1n) is 6.76. The average molecular weight is 290 g/mol. The van der Waals surface area contributed by atoms with Crippen molar-refractivity contribution in [3.8, 4) is 11.5 Å². The smallest absolute Gasteiger partial charge is 0.150 e. The fourth-order valence-electron chi connectivity index (χ4n) is 1.92. The van der Waals surface area contributed by atoms with Crippen LogP contribution < -0.4 is 10.5 Å². The van der Waals surface area contributed by atoms with Crippen LogP contribution in [0.3, 0.4) is 0 Å². The molecule has 0 amide bonds. The van der Waals surface area contributed by atoms with Crippen LogP contribution in [0.25, 0.3) is 0 Å². The van der Waals surface area contributed by atoms with Crippen molar-refractivity contribution in [1.29, 1.82) is 0 Å². The van der Waals surface area contributed by atoms with Crippen molar-refractivity contribution < 1.29 is 4.74 Å². The highest BCUT2D eigenvalue weighted by molar-refractivity contribution is 6.30. The van der Waals surface area contributed by atoms with Crippen LogP contribution in [0.15, 0.2) is 42.5 Å². The van der Waals surface area contributed by atoms with E-state index in [2.05, 4.69) is 32.9 Å². The Kier molecular flexibility index (Phi) is 4.24. The van der Waals surface area contributed by atoms with Gasteiger partial charge in [-0.15, -0.1) is 0 Å². The molecule has 20 heavy (non-hydrogen) atoms. The quantitative estimate of drug-likeness (QED) is 0.765. The van der Waals surface area contributed by atoms with E-state index in [0.29, 0.717) is 16.5 Å². The lowest BCUT2D eigenvalue weighted by Gasteiger charge is -2.23. The van der Waals surface area contributed by atoms with Crippen LogP contribution in [-0.4, -0.2) is 0 Å². The summed E-state index contributed by atoms with van der Waals surface area (Å²) in [5, 5.41) is 0.606. The molecule has 0 aliphatic rings. The van der Waals surface area contributed by atoms with Gasteiger partial charge in [-0.1, -0.05) is 44.5 Å². The third-order valence-electron chi connectivity index (χ3n) is 3.72. The van der Waals surface area contributed by atoms with Crippen LogP contribution in [0.2, 0.25) is 5.02 Å². The second-order valence-electron chi connectivity index (χ2n) is 5.55. The van der Waals surface area contributed by atoms with Gasteiger partial charge in [-0.25, -0.2) is 0 Å². The Bertz CT molecular complexity index is 590. The summed E-state index contributed by atoms with van der Waals surface area (Å²) in [7, 11) is 0. The highest BCUT2D eigenvalue weighted by Gasteiger charge is 2.17. The molecule has 0 heterocycles. The molecule has 3 heteroatoms. The van der Waals surface area contributed by atoms with Gasteiger partial charge in [0.2, 0.25) is 0 Å². The zero-order valence-corrected chi connectivity index (χ0v) is 12.9. The van der Waals surface area contributed by atoms with Crippen molar-refractivity contribution in [1.82, 2.24) is 0 Å². The molecule has 0 saturated carbocycles. The standard InChI is InChI=1S/C17H20ClNO/c1-4-17(2,3)12-5-8-14(9-6-12)20-16-10-7-13(18)11-15(16)19/h5-11H,4,19H2,1-3H3. The average Bonchev–Trinajstić information content (AvgIpc) is 2.42. The fourth-order valence-corrected chi connectivity index (χ4v) is 2.10. The molecule has 0 aliphatic heterocycles. The molecule has 2 N–H and O–H groups in total. The summed E-state index contributed by atoms with van der Waals surface area (Å²) in [5.74, 6) is 1.39. The Balaban J connectivity index is 2.19. The van der Waals surface area contributed by atoms with Gasteiger partial charge in [0, 0.05) is 5.02 Å². The predicted molar refractivity (Wildman–Crippen MR) is 85.7 cm³/mol. The second kappa shape index (κ2) is 5.76. The van der Waals surface area contributed by atoms with E-state index in [-0.39, 0.29) is 5.41 Å². The summed E-state index contributed by atoms with van der Waals surface area (Å²) in [6, 6.07) is 13.4. The summed E-state index contributed by atoms with van der Waals surface area (Å²) in [4.78, 5) is 0. The molecule has 0 aliphatic carbocycles. The van der Waals surface area contributed by atoms with Crippen LogP contribution in [0.1, 0.15) is 32.8 Å². The van der Waals surface area contributed by atoms with E-state index in [1.165, 1.54) is 5.56 Å². The van der Waals surface area contributed by atoms with Gasteiger partial charge in [-0.3, -0.25) is 0 Å². The number of rotatable bonds is 4. The van der Waals surface area contributed by atoms with Crippen molar-refractivity contribution >= 4 is 17.3 Å². The van der Waals surface area contributed by atoms with E-state index in [0.717, 1.165) is 12.2 Å². The first-order valence-corrected chi connectivity index (χ1v) is 7.13. The van der Waals surface area contributed by atoms with Crippen LogP contribution in [0.5, 0.6) is 11.5 Å². The van der Waals surface area contributed by atoms with Gasteiger partial charge in [-0.05, 0) is 47.7 Å². The molecule has 0 saturated heterocycles. The number of nitrogens with two attached hydrogens (primary N) is 1. The third kappa shape index (κ3) is 3.26. The van der Waals surface area contributed by atoms with E-state index >= 15 is 0 Å². The normalized spacial score (nSPS) is 11.4. The lowest BCUT2D eigenvalue weighted by Crippen LogP contribution is -2.14. The molecule has 106 valence electrons. The van der Waals surface area contributed by atoms with Crippen molar-refractivity contribution in [3.05, 3.63) is 53.1 Å². The summed E-state index contributed by atoms with van der Waals surface area (Å²) in [5.41, 5.74) is 7.90. The molecule has 0 aromatic heterocycles. The lowest BCUT2D eigenvalue weighted by molar-refractivity contribution is 0.480. The fraction of sp³-hybridized carbons (Fsp3) is 0.294. The Labute approximate surface area is 125 Å². The van der Waals surface area contributed by atoms with Crippen molar-refractivity contribution in [2.75, 3.05) is 5.73 Å². The molecule has 0 radical (unpaired) electrons. The SMILES string of the molecule is CCC(C)(C)c1ccc(Oc2ccc(Cl)cc2N)cc1. The van der Waals surface area contributed by atoms with Crippen LogP contribution in [-0.2, 0) is 5.41 Å². The Hall–Kier alpha value is -1.67. The topological polar surface area (TPSA) is 35.2 Å². The van der Waals surface area contributed by atoms with Gasteiger partial charge in [0.05, 0.1) is 5.69 Å². The van der Waals surface area contributed by atoms with Crippen molar-refractivity contribution in [2.24, 2.45) is 0 Å². The number of halogens is 1. The minimum atomic E-state index is 0.178. The highest BCUT2D eigenvalue weighted by Crippen LogP contribution is 2.32. The van der Waals surface area contributed by atoms with Gasteiger partial charge >= 0.3 is 0 Å². The molecule has 2 nitrogen and oxygen atoms in total. The van der Waals surface area contributed by atoms with Gasteiger partial charge < -0.3 is 10.5 Å². The number of benzene rings is 2. The van der Waals surface area contributed by atoms with E-state index in [9.17, 15) is 0 Å². The van der Waals surface area contributed by atoms with Gasteiger partial charge in [0.15, 0.2) is 0 Å². The predicted octanol–water partition coefficient (Wildman–Crippen LogP) is 5.40. The summed E-state index contributed by atoms with van der Waals surface area (Å²) < 4.78 is 5.78. The molecule has 2 aromatic rings. The summed E-state index contributed by atoms with van der Waals surface area (Å²) in [6.07, 6.45) is 1.09. The minimum Gasteiger partial charge on any atom is -0.455 e. The summed E-state index contributed by atoms with van der Waals surface area (Å²) >= 11 is 5.87. The number of anilines is 1. The third-order valence-corrected chi connectivity index (χ3v) is 3.95. The lowest BCUT2D eigenvalue weighted by atomic mass is 9.82. The Morgan fingerprint density at radius 1 is 1.10 bits per heavy atom.